The highest BCUT2D eigenvalue weighted by Crippen LogP contribution is 2.36. The fourth-order valence-corrected chi connectivity index (χ4v) is 2.11. The monoisotopic (exact) mass is 298 g/mol. The Morgan fingerprint density at radius 3 is 2.76 bits per heavy atom. The maximum atomic E-state index is 14.0. The molecule has 90 valence electrons. The van der Waals surface area contributed by atoms with Crippen molar-refractivity contribution >= 4 is 21.7 Å². The minimum Gasteiger partial charge on any atom is -0.381 e. The highest BCUT2D eigenvalue weighted by atomic mass is 79.9. The summed E-state index contributed by atoms with van der Waals surface area (Å²) < 4.78 is 19.5. The van der Waals surface area contributed by atoms with E-state index in [1.807, 2.05) is 13.8 Å². The maximum absolute atomic E-state index is 14.0. The summed E-state index contributed by atoms with van der Waals surface area (Å²) in [7, 11) is 0. The number of benzene rings is 1. The van der Waals surface area contributed by atoms with Crippen molar-refractivity contribution in [3.05, 3.63) is 34.1 Å². The zero-order valence-corrected chi connectivity index (χ0v) is 11.1. The van der Waals surface area contributed by atoms with Crippen molar-refractivity contribution in [3.63, 3.8) is 0 Å². The highest BCUT2D eigenvalue weighted by molar-refractivity contribution is 9.10. The van der Waals surface area contributed by atoms with Crippen LogP contribution in [-0.2, 0) is 0 Å². The van der Waals surface area contributed by atoms with E-state index in [1.165, 1.54) is 0 Å². The van der Waals surface area contributed by atoms with Gasteiger partial charge in [-0.2, -0.15) is 0 Å². The number of rotatable bonds is 2. The second-order valence-corrected chi connectivity index (χ2v) is 4.92. The third-order valence-electron chi connectivity index (χ3n) is 2.53. The summed E-state index contributed by atoms with van der Waals surface area (Å²) in [5.74, 6) is 0.464. The molecule has 0 aliphatic rings. The lowest BCUT2D eigenvalue weighted by Gasteiger charge is -2.06. The van der Waals surface area contributed by atoms with Crippen LogP contribution in [0.3, 0.4) is 0 Å². The normalized spacial score (nSPS) is 11.1. The lowest BCUT2D eigenvalue weighted by Crippen LogP contribution is -1.96. The van der Waals surface area contributed by atoms with E-state index in [9.17, 15) is 4.39 Å². The molecule has 0 spiro atoms. The molecule has 0 saturated carbocycles. The molecule has 3 nitrogen and oxygen atoms in total. The molecule has 0 radical (unpaired) electrons. The molecule has 1 aromatic carbocycles. The Labute approximate surface area is 107 Å². The van der Waals surface area contributed by atoms with Crippen LogP contribution < -0.4 is 5.73 Å². The molecule has 5 heteroatoms. The number of halogens is 2. The molecule has 0 atom stereocenters. The first-order chi connectivity index (χ1) is 8.02. The van der Waals surface area contributed by atoms with Gasteiger partial charge < -0.3 is 10.3 Å². The Morgan fingerprint density at radius 1 is 1.41 bits per heavy atom. The van der Waals surface area contributed by atoms with Crippen molar-refractivity contribution in [1.29, 1.82) is 0 Å². The Hall–Kier alpha value is -1.36. The minimum atomic E-state index is -0.370. The number of nitrogens with two attached hydrogens (primary N) is 1. The van der Waals surface area contributed by atoms with E-state index in [0.717, 1.165) is 5.56 Å². The van der Waals surface area contributed by atoms with Crippen LogP contribution in [0.1, 0.15) is 25.3 Å². The first kappa shape index (κ1) is 12.1. The third kappa shape index (κ3) is 2.07. The average molecular weight is 299 g/mol. The van der Waals surface area contributed by atoms with Crippen molar-refractivity contribution in [3.8, 4) is 11.3 Å². The predicted molar refractivity (Wildman–Crippen MR) is 68.1 cm³/mol. The van der Waals surface area contributed by atoms with Crippen molar-refractivity contribution < 1.29 is 8.91 Å². The fraction of sp³-hybridized carbons (Fsp3) is 0.250. The molecule has 0 fully saturated rings. The summed E-state index contributed by atoms with van der Waals surface area (Å²) in [6, 6.07) is 5.02. The molecule has 1 aromatic heterocycles. The molecule has 0 amide bonds. The van der Waals surface area contributed by atoms with Gasteiger partial charge in [0.25, 0.3) is 0 Å². The van der Waals surface area contributed by atoms with Crippen LogP contribution in [-0.4, -0.2) is 5.16 Å². The largest absolute Gasteiger partial charge is 0.381 e. The standard InChI is InChI=1S/C12H12BrFN2O/c1-6(2)9-11(17-16-12(9)15)7-4-3-5-8(13)10(7)14/h3-6H,1-2H3,(H2,15,16). The van der Waals surface area contributed by atoms with Crippen LogP contribution in [0, 0.1) is 5.82 Å². The van der Waals surface area contributed by atoms with Crippen molar-refractivity contribution in [2.24, 2.45) is 0 Å². The Kier molecular flexibility index (Phi) is 3.19. The first-order valence-electron chi connectivity index (χ1n) is 5.21. The molecule has 1 heterocycles. The van der Waals surface area contributed by atoms with Crippen LogP contribution in [0.15, 0.2) is 27.2 Å². The number of nitrogens with zero attached hydrogens (tertiary/aromatic N) is 1. The van der Waals surface area contributed by atoms with Gasteiger partial charge in [-0.05, 0) is 34.0 Å². The Bertz CT molecular complexity index is 551. The van der Waals surface area contributed by atoms with Gasteiger partial charge in [0.15, 0.2) is 11.6 Å². The molecule has 2 N–H and O–H groups in total. The molecular formula is C12H12BrFN2O. The van der Waals surface area contributed by atoms with Crippen LogP contribution in [0.25, 0.3) is 11.3 Å². The second-order valence-electron chi connectivity index (χ2n) is 4.07. The Morgan fingerprint density at radius 2 is 2.12 bits per heavy atom. The molecule has 0 unspecified atom stereocenters. The molecule has 0 aliphatic carbocycles. The molecule has 17 heavy (non-hydrogen) atoms. The number of hydrogen-bond acceptors (Lipinski definition) is 3. The predicted octanol–water partition coefficient (Wildman–Crippen LogP) is 3.95. The van der Waals surface area contributed by atoms with Gasteiger partial charge in [0.2, 0.25) is 0 Å². The third-order valence-corrected chi connectivity index (χ3v) is 3.14. The van der Waals surface area contributed by atoms with E-state index in [-0.39, 0.29) is 11.7 Å². The zero-order valence-electron chi connectivity index (χ0n) is 9.50. The van der Waals surface area contributed by atoms with Crippen molar-refractivity contribution in [2.75, 3.05) is 5.73 Å². The summed E-state index contributed by atoms with van der Waals surface area (Å²) in [5.41, 5.74) is 6.83. The molecular weight excluding hydrogens is 287 g/mol. The van der Waals surface area contributed by atoms with Gasteiger partial charge in [-0.15, -0.1) is 0 Å². The summed E-state index contributed by atoms with van der Waals surface area (Å²) in [5, 5.41) is 3.71. The van der Waals surface area contributed by atoms with Gasteiger partial charge in [-0.25, -0.2) is 4.39 Å². The van der Waals surface area contributed by atoms with E-state index in [0.29, 0.717) is 21.6 Å². The number of hydrogen-bond donors (Lipinski definition) is 1. The smallest absolute Gasteiger partial charge is 0.175 e. The number of nitrogen functional groups attached to an aromatic ring is 1. The molecule has 0 aliphatic heterocycles. The Balaban J connectivity index is 2.65. The van der Waals surface area contributed by atoms with Gasteiger partial charge in [0.1, 0.15) is 5.82 Å². The van der Waals surface area contributed by atoms with Gasteiger partial charge in [0.05, 0.1) is 10.0 Å². The van der Waals surface area contributed by atoms with Crippen LogP contribution in [0.2, 0.25) is 0 Å². The zero-order chi connectivity index (χ0) is 12.6. The second kappa shape index (κ2) is 4.49. The fourth-order valence-electron chi connectivity index (χ4n) is 1.74. The highest BCUT2D eigenvalue weighted by Gasteiger charge is 2.21. The van der Waals surface area contributed by atoms with Crippen molar-refractivity contribution in [1.82, 2.24) is 5.16 Å². The van der Waals surface area contributed by atoms with E-state index in [2.05, 4.69) is 21.1 Å². The van der Waals surface area contributed by atoms with Crippen molar-refractivity contribution in [2.45, 2.75) is 19.8 Å². The summed E-state index contributed by atoms with van der Waals surface area (Å²) in [6.45, 7) is 3.92. The minimum absolute atomic E-state index is 0.120. The van der Waals surface area contributed by atoms with E-state index >= 15 is 0 Å². The topological polar surface area (TPSA) is 52.0 Å². The molecule has 0 saturated heterocycles. The summed E-state index contributed by atoms with van der Waals surface area (Å²) in [4.78, 5) is 0. The molecule has 0 bridgehead atoms. The van der Waals surface area contributed by atoms with Gasteiger partial charge in [-0.1, -0.05) is 25.1 Å². The maximum Gasteiger partial charge on any atom is 0.175 e. The lowest BCUT2D eigenvalue weighted by molar-refractivity contribution is 0.432. The van der Waals surface area contributed by atoms with Gasteiger partial charge in [0, 0.05) is 5.56 Å². The summed E-state index contributed by atoms with van der Waals surface area (Å²) in [6.07, 6.45) is 0. The summed E-state index contributed by atoms with van der Waals surface area (Å²) >= 11 is 3.14. The first-order valence-corrected chi connectivity index (χ1v) is 6.01. The van der Waals surface area contributed by atoms with Crippen LogP contribution >= 0.6 is 15.9 Å². The van der Waals surface area contributed by atoms with Gasteiger partial charge in [-0.3, -0.25) is 0 Å². The lowest BCUT2D eigenvalue weighted by atomic mass is 9.99. The van der Waals surface area contributed by atoms with E-state index < -0.39 is 0 Å². The molecule has 2 rings (SSSR count). The van der Waals surface area contributed by atoms with Gasteiger partial charge >= 0.3 is 0 Å². The quantitative estimate of drug-likeness (QED) is 0.913. The van der Waals surface area contributed by atoms with E-state index in [1.54, 1.807) is 18.2 Å². The van der Waals surface area contributed by atoms with Crippen LogP contribution in [0.4, 0.5) is 10.2 Å². The van der Waals surface area contributed by atoms with E-state index in [4.69, 9.17) is 10.3 Å². The number of anilines is 1. The molecule has 2 aromatic rings. The van der Waals surface area contributed by atoms with Crippen LogP contribution in [0.5, 0.6) is 0 Å². The SMILES string of the molecule is CC(C)c1c(N)noc1-c1cccc(Br)c1F. The average Bonchev–Trinajstić information content (AvgIpc) is 2.64. The number of aromatic nitrogens is 1.